The van der Waals surface area contributed by atoms with Gasteiger partial charge in [0.1, 0.15) is 0 Å². The van der Waals surface area contributed by atoms with Crippen LogP contribution in [0.5, 0.6) is 0 Å². The summed E-state index contributed by atoms with van der Waals surface area (Å²) in [5.74, 6) is 1.19. The number of benzene rings is 2. The smallest absolute Gasteiger partial charge is 0.207 e. The van der Waals surface area contributed by atoms with Gasteiger partial charge in [0.2, 0.25) is 5.96 Å². The van der Waals surface area contributed by atoms with Crippen LogP contribution in [0.25, 0.3) is 11.1 Å². The maximum atomic E-state index is 4.84. The lowest BCUT2D eigenvalue weighted by Gasteiger charge is -2.44. The van der Waals surface area contributed by atoms with Gasteiger partial charge >= 0.3 is 0 Å². The molecule has 0 aromatic heterocycles. The molecule has 0 amide bonds. The van der Waals surface area contributed by atoms with Gasteiger partial charge in [-0.1, -0.05) is 48.4 Å². The monoisotopic (exact) mass is 406 g/mol. The van der Waals surface area contributed by atoms with Gasteiger partial charge in [0.05, 0.1) is 13.1 Å². The molecule has 1 saturated heterocycles. The van der Waals surface area contributed by atoms with Crippen molar-refractivity contribution in [2.75, 3.05) is 39.3 Å². The second kappa shape index (κ2) is 8.41. The van der Waals surface area contributed by atoms with Crippen molar-refractivity contribution in [3.05, 3.63) is 54.1 Å². The third kappa shape index (κ3) is 4.17. The van der Waals surface area contributed by atoms with E-state index in [1.54, 1.807) is 0 Å². The Kier molecular flexibility index (Phi) is 5.51. The van der Waals surface area contributed by atoms with Crippen molar-refractivity contribution >= 4 is 17.9 Å². The molecule has 0 spiro atoms. The van der Waals surface area contributed by atoms with E-state index in [1.165, 1.54) is 59.9 Å². The predicted octanol–water partition coefficient (Wildman–Crippen LogP) is 4.51. The Balaban J connectivity index is 1.20. The number of aryl methyl sites for hydroxylation is 1. The van der Waals surface area contributed by atoms with E-state index in [0.29, 0.717) is 0 Å². The van der Waals surface area contributed by atoms with E-state index >= 15 is 0 Å². The predicted molar refractivity (Wildman–Crippen MR) is 122 cm³/mol. The highest BCUT2D eigenvalue weighted by atomic mass is 32.2. The summed E-state index contributed by atoms with van der Waals surface area (Å²) in [5, 5.41) is 0. The Labute approximate surface area is 178 Å². The minimum absolute atomic E-state index is 0.861. The second-order valence-electron chi connectivity index (χ2n) is 8.37. The lowest BCUT2D eigenvalue weighted by molar-refractivity contribution is 0.0835. The average molecular weight is 407 g/mol. The molecule has 2 aromatic carbocycles. The van der Waals surface area contributed by atoms with Crippen molar-refractivity contribution in [1.82, 2.24) is 14.1 Å². The molecule has 2 aromatic rings. The van der Waals surface area contributed by atoms with E-state index in [2.05, 4.69) is 69.6 Å². The highest BCUT2D eigenvalue weighted by Crippen LogP contribution is 2.30. The average Bonchev–Trinajstić information content (AvgIpc) is 3.17. The Morgan fingerprint density at radius 1 is 0.828 bits per heavy atom. The molecular weight excluding hydrogens is 376 g/mol. The molecule has 2 fully saturated rings. The Hall–Kier alpha value is -1.98. The van der Waals surface area contributed by atoms with Crippen LogP contribution >= 0.6 is 11.9 Å². The number of hydrogen-bond acceptors (Lipinski definition) is 5. The van der Waals surface area contributed by atoms with E-state index in [-0.39, 0.29) is 0 Å². The van der Waals surface area contributed by atoms with E-state index in [0.717, 1.165) is 32.2 Å². The fourth-order valence-electron chi connectivity index (χ4n) is 4.38. The largest absolute Gasteiger partial charge is 0.340 e. The van der Waals surface area contributed by atoms with Crippen LogP contribution in [0.3, 0.4) is 0 Å². The zero-order valence-corrected chi connectivity index (χ0v) is 18.1. The molecule has 3 aliphatic rings. The molecule has 0 atom stereocenters. The Morgan fingerprint density at radius 3 is 2.10 bits per heavy atom. The first kappa shape index (κ1) is 19.0. The first-order valence-corrected chi connectivity index (χ1v) is 11.7. The summed E-state index contributed by atoms with van der Waals surface area (Å²) in [4.78, 5) is 11.3. The van der Waals surface area contributed by atoms with Crippen molar-refractivity contribution in [3.63, 3.8) is 0 Å². The molecule has 4 nitrogen and oxygen atoms in total. The second-order valence-corrected chi connectivity index (χ2v) is 9.47. The molecule has 5 heteroatoms. The van der Waals surface area contributed by atoms with Gasteiger partial charge in [-0.15, -0.1) is 0 Å². The molecule has 2 heterocycles. The normalized spacial score (nSPS) is 20.7. The molecule has 0 bridgehead atoms. The minimum atomic E-state index is 0.861. The van der Waals surface area contributed by atoms with Gasteiger partial charge in [-0.25, -0.2) is 0 Å². The summed E-state index contributed by atoms with van der Waals surface area (Å²) in [6.07, 6.45) is 4.23. The molecule has 5 rings (SSSR count). The highest BCUT2D eigenvalue weighted by Gasteiger charge is 2.31. The van der Waals surface area contributed by atoms with E-state index < -0.39 is 0 Å². The summed E-state index contributed by atoms with van der Waals surface area (Å²) < 4.78 is 2.39. The van der Waals surface area contributed by atoms with Gasteiger partial charge in [-0.2, -0.15) is 0 Å². The summed E-state index contributed by atoms with van der Waals surface area (Å²) in [6, 6.07) is 18.6. The summed E-state index contributed by atoms with van der Waals surface area (Å²) in [5.41, 5.74) is 3.85. The van der Waals surface area contributed by atoms with Crippen molar-refractivity contribution in [2.45, 2.75) is 37.1 Å². The fraction of sp³-hybridized carbons (Fsp3) is 0.458. The number of hydrogen-bond donors (Lipinski definition) is 0. The molecule has 0 radical (unpaired) electrons. The van der Waals surface area contributed by atoms with Crippen molar-refractivity contribution in [1.29, 1.82) is 0 Å². The van der Waals surface area contributed by atoms with E-state index in [4.69, 9.17) is 4.99 Å². The Bertz CT molecular complexity index is 849. The zero-order chi connectivity index (χ0) is 19.6. The number of rotatable bonds is 4. The fourth-order valence-corrected chi connectivity index (χ4v) is 5.32. The SMILES string of the molecule is Cc1ccc(-c2ccc(SN3CCN=C3N3CCN(C4CCC4)CC3)cc2)cc1. The molecule has 1 aliphatic carbocycles. The molecule has 0 unspecified atom stereocenters. The van der Waals surface area contributed by atoms with Crippen molar-refractivity contribution < 1.29 is 0 Å². The van der Waals surface area contributed by atoms with Crippen molar-refractivity contribution in [2.24, 2.45) is 4.99 Å². The number of aliphatic imine (C=N–C) groups is 1. The van der Waals surface area contributed by atoms with Gasteiger partial charge in [0.25, 0.3) is 0 Å². The third-order valence-corrected chi connectivity index (χ3v) is 7.47. The molecule has 0 N–H and O–H groups in total. The van der Waals surface area contributed by atoms with Crippen LogP contribution in [0.15, 0.2) is 58.4 Å². The van der Waals surface area contributed by atoms with Crippen LogP contribution in [0.2, 0.25) is 0 Å². The highest BCUT2D eigenvalue weighted by molar-refractivity contribution is 7.97. The number of piperazine rings is 1. The minimum Gasteiger partial charge on any atom is -0.340 e. The van der Waals surface area contributed by atoms with Crippen LogP contribution in [0.4, 0.5) is 0 Å². The van der Waals surface area contributed by atoms with Crippen LogP contribution in [-0.2, 0) is 0 Å². The van der Waals surface area contributed by atoms with Gasteiger partial charge in [0, 0.05) is 37.1 Å². The number of guanidine groups is 1. The zero-order valence-electron chi connectivity index (χ0n) is 17.3. The van der Waals surface area contributed by atoms with Crippen molar-refractivity contribution in [3.8, 4) is 11.1 Å². The van der Waals surface area contributed by atoms with Gasteiger partial charge in [0.15, 0.2) is 0 Å². The summed E-state index contributed by atoms with van der Waals surface area (Å²) in [6.45, 7) is 8.64. The van der Waals surface area contributed by atoms with Crippen LogP contribution in [0, 0.1) is 6.92 Å². The van der Waals surface area contributed by atoms with Gasteiger partial charge in [-0.05, 0) is 55.0 Å². The lowest BCUT2D eigenvalue weighted by atomic mass is 9.91. The Morgan fingerprint density at radius 2 is 1.48 bits per heavy atom. The molecular formula is C24H30N4S. The topological polar surface area (TPSA) is 22.1 Å². The summed E-state index contributed by atoms with van der Waals surface area (Å²) >= 11 is 1.83. The quantitative estimate of drug-likeness (QED) is 0.697. The first-order chi connectivity index (χ1) is 14.3. The molecule has 152 valence electrons. The van der Waals surface area contributed by atoms with Crippen LogP contribution in [0.1, 0.15) is 24.8 Å². The third-order valence-electron chi connectivity index (χ3n) is 6.42. The van der Waals surface area contributed by atoms with Crippen LogP contribution in [-0.4, -0.2) is 65.4 Å². The maximum Gasteiger partial charge on any atom is 0.207 e. The molecule has 1 saturated carbocycles. The van der Waals surface area contributed by atoms with Crippen LogP contribution < -0.4 is 0 Å². The lowest BCUT2D eigenvalue weighted by Crippen LogP contribution is -2.55. The molecule has 2 aliphatic heterocycles. The van der Waals surface area contributed by atoms with Gasteiger partial charge < -0.3 is 4.90 Å². The maximum absolute atomic E-state index is 4.84. The first-order valence-electron chi connectivity index (χ1n) is 10.9. The van der Waals surface area contributed by atoms with Gasteiger partial charge in [-0.3, -0.25) is 14.2 Å². The molecule has 29 heavy (non-hydrogen) atoms. The van der Waals surface area contributed by atoms with E-state index in [9.17, 15) is 0 Å². The standard InChI is InChI=1S/C24H30N4S/c1-19-5-7-20(8-6-19)21-9-11-23(12-10-21)29-28-14-13-25-24(28)27-17-15-26(16-18-27)22-3-2-4-22/h5-12,22H,2-4,13-18H2,1H3. The van der Waals surface area contributed by atoms with E-state index in [1.807, 2.05) is 11.9 Å². The number of nitrogens with zero attached hydrogens (tertiary/aromatic N) is 4. The summed E-state index contributed by atoms with van der Waals surface area (Å²) in [7, 11) is 0.